The fraction of sp³-hybridized carbons (Fsp3) is 0.562. The van der Waals surface area contributed by atoms with Gasteiger partial charge in [-0.2, -0.15) is 9.97 Å². The van der Waals surface area contributed by atoms with E-state index in [9.17, 15) is 9.18 Å². The molecule has 45 heavy (non-hydrogen) atoms. The van der Waals surface area contributed by atoms with E-state index in [1.54, 1.807) is 18.3 Å². The van der Waals surface area contributed by atoms with E-state index in [-0.39, 0.29) is 35.7 Å². The zero-order chi connectivity index (χ0) is 31.1. The van der Waals surface area contributed by atoms with Crippen LogP contribution in [0.2, 0.25) is 5.02 Å². The summed E-state index contributed by atoms with van der Waals surface area (Å²) in [5, 5.41) is 3.91. The second-order valence-electron chi connectivity index (χ2n) is 12.8. The first kappa shape index (κ1) is 30.3. The Morgan fingerprint density at radius 3 is 2.93 bits per heavy atom. The number of benzene rings is 1. The van der Waals surface area contributed by atoms with Gasteiger partial charge >= 0.3 is 6.01 Å². The standard InChI is InChI=1S/C32H38ClF2N7O3/c33-25-11-21(36)10-23-22(25)4-1-2-5-26(43)37-13-19-15-41(8-9-44-17-19)30-24-14-38-28(23)27(35)29(24)39-31(40-30)45-18-32-6-3-7-42(32)16-20(34)12-32/h10-11,14,19-20H,1-9,12-13,15-18,36H2,(H,37,43). The fourth-order valence-electron chi connectivity index (χ4n) is 7.42. The Kier molecular flexibility index (Phi) is 8.39. The predicted molar refractivity (Wildman–Crippen MR) is 168 cm³/mol. The molecule has 3 fully saturated rings. The zero-order valence-electron chi connectivity index (χ0n) is 25.2. The molecule has 13 heteroatoms. The number of nitrogens with zero attached hydrogens (tertiary/aromatic N) is 5. The predicted octanol–water partition coefficient (Wildman–Crippen LogP) is 4.32. The molecule has 3 atom stereocenters. The number of carbonyl (C=O) groups excluding carboxylic acids is 1. The van der Waals surface area contributed by atoms with Crippen LogP contribution in [0.1, 0.15) is 44.1 Å². The molecule has 3 unspecified atom stereocenters. The minimum Gasteiger partial charge on any atom is -0.461 e. The fourth-order valence-corrected chi connectivity index (χ4v) is 7.74. The molecule has 3 aromatic rings. The number of nitrogens with two attached hydrogens (primary N) is 1. The number of ether oxygens (including phenoxy) is 2. The highest BCUT2D eigenvalue weighted by Crippen LogP contribution is 2.41. The number of aromatic nitrogens is 3. The van der Waals surface area contributed by atoms with Crippen molar-refractivity contribution in [2.75, 3.05) is 63.2 Å². The summed E-state index contributed by atoms with van der Waals surface area (Å²) < 4.78 is 43.4. The molecule has 3 N–H and O–H groups in total. The summed E-state index contributed by atoms with van der Waals surface area (Å²) in [5.41, 5.74) is 7.49. The van der Waals surface area contributed by atoms with E-state index in [0.29, 0.717) is 105 Å². The molecule has 0 spiro atoms. The Morgan fingerprint density at radius 1 is 1.18 bits per heavy atom. The third-order valence-electron chi connectivity index (χ3n) is 9.65. The highest BCUT2D eigenvalue weighted by Gasteiger charge is 2.49. The van der Waals surface area contributed by atoms with Crippen molar-refractivity contribution in [3.05, 3.63) is 34.7 Å². The van der Waals surface area contributed by atoms with Crippen LogP contribution in [0.4, 0.5) is 20.3 Å². The lowest BCUT2D eigenvalue weighted by Gasteiger charge is -2.31. The van der Waals surface area contributed by atoms with Gasteiger partial charge in [-0.1, -0.05) is 11.6 Å². The number of carbonyl (C=O) groups is 1. The molecule has 3 saturated heterocycles. The quantitative estimate of drug-likeness (QED) is 0.403. The van der Waals surface area contributed by atoms with Gasteiger partial charge in [0.15, 0.2) is 5.82 Å². The lowest BCUT2D eigenvalue weighted by atomic mass is 9.95. The summed E-state index contributed by atoms with van der Waals surface area (Å²) in [4.78, 5) is 30.9. The number of anilines is 2. The smallest absolute Gasteiger partial charge is 0.319 e. The van der Waals surface area contributed by atoms with Gasteiger partial charge in [0, 0.05) is 67.4 Å². The topological polar surface area (TPSA) is 119 Å². The van der Waals surface area contributed by atoms with Crippen molar-refractivity contribution >= 4 is 39.9 Å². The number of hydrogen-bond donors (Lipinski definition) is 2. The van der Waals surface area contributed by atoms with Crippen LogP contribution in [0.3, 0.4) is 0 Å². The van der Waals surface area contributed by atoms with Crippen LogP contribution < -0.4 is 20.7 Å². The van der Waals surface area contributed by atoms with Crippen LogP contribution in [0.15, 0.2) is 18.3 Å². The van der Waals surface area contributed by atoms with Crippen molar-refractivity contribution in [1.82, 2.24) is 25.2 Å². The molecule has 5 aliphatic rings. The number of halogens is 3. The maximum Gasteiger partial charge on any atom is 0.319 e. The van der Waals surface area contributed by atoms with E-state index in [1.165, 1.54) is 0 Å². The van der Waals surface area contributed by atoms with Crippen molar-refractivity contribution in [2.24, 2.45) is 5.92 Å². The molecule has 0 aliphatic carbocycles. The van der Waals surface area contributed by atoms with Crippen molar-refractivity contribution in [2.45, 2.75) is 56.7 Å². The maximum atomic E-state index is 16.8. The first-order valence-corrected chi connectivity index (χ1v) is 16.2. The second-order valence-corrected chi connectivity index (χ2v) is 13.2. The lowest BCUT2D eigenvalue weighted by molar-refractivity contribution is -0.121. The van der Waals surface area contributed by atoms with Crippen LogP contribution in [-0.2, 0) is 16.0 Å². The molecule has 10 nitrogen and oxygen atoms in total. The average Bonchev–Trinajstić information content (AvgIpc) is 3.42. The molecule has 8 rings (SSSR count). The Balaban J connectivity index is 1.35. The number of nitrogens with one attached hydrogen (secondary N) is 1. The van der Waals surface area contributed by atoms with E-state index in [0.717, 1.165) is 19.4 Å². The molecule has 0 radical (unpaired) electrons. The Labute approximate surface area is 265 Å². The van der Waals surface area contributed by atoms with Gasteiger partial charge in [-0.05, 0) is 56.3 Å². The lowest BCUT2D eigenvalue weighted by Crippen LogP contribution is -2.43. The van der Waals surface area contributed by atoms with Crippen molar-refractivity contribution < 1.29 is 23.0 Å². The molecule has 2 aromatic heterocycles. The van der Waals surface area contributed by atoms with Crippen LogP contribution in [0.5, 0.6) is 6.01 Å². The van der Waals surface area contributed by atoms with Crippen LogP contribution in [0, 0.1) is 11.7 Å². The summed E-state index contributed by atoms with van der Waals surface area (Å²) in [6, 6.07) is 3.35. The molecule has 240 valence electrons. The molecule has 0 saturated carbocycles. The number of hydrogen-bond acceptors (Lipinski definition) is 9. The monoisotopic (exact) mass is 641 g/mol. The summed E-state index contributed by atoms with van der Waals surface area (Å²) in [7, 11) is 0. The Bertz CT molecular complexity index is 1610. The summed E-state index contributed by atoms with van der Waals surface area (Å²) in [5.74, 6) is -0.199. The van der Waals surface area contributed by atoms with Gasteiger partial charge in [0.05, 0.1) is 24.1 Å². The summed E-state index contributed by atoms with van der Waals surface area (Å²) >= 11 is 6.66. The van der Waals surface area contributed by atoms with Crippen LogP contribution >= 0.6 is 11.6 Å². The maximum absolute atomic E-state index is 16.8. The molecular formula is C32H38ClF2N7O3. The highest BCUT2D eigenvalue weighted by molar-refractivity contribution is 6.32. The van der Waals surface area contributed by atoms with E-state index in [2.05, 4.69) is 20.2 Å². The van der Waals surface area contributed by atoms with Crippen molar-refractivity contribution in [3.63, 3.8) is 0 Å². The number of rotatable bonds is 3. The highest BCUT2D eigenvalue weighted by atomic mass is 35.5. The van der Waals surface area contributed by atoms with Gasteiger partial charge in [-0.3, -0.25) is 14.7 Å². The third kappa shape index (κ3) is 5.99. The van der Waals surface area contributed by atoms with Crippen molar-refractivity contribution in [1.29, 1.82) is 0 Å². The van der Waals surface area contributed by atoms with E-state index >= 15 is 4.39 Å². The minimum atomic E-state index is -0.905. The molecular weight excluding hydrogens is 604 g/mol. The normalized spacial score (nSPS) is 26.0. The first-order chi connectivity index (χ1) is 21.8. The van der Waals surface area contributed by atoms with Crippen molar-refractivity contribution in [3.8, 4) is 17.3 Å². The van der Waals surface area contributed by atoms with E-state index in [1.807, 2.05) is 4.90 Å². The molecule has 7 heterocycles. The van der Waals surface area contributed by atoms with Gasteiger partial charge in [0.1, 0.15) is 29.8 Å². The average molecular weight is 642 g/mol. The number of alkyl halides is 1. The summed E-state index contributed by atoms with van der Waals surface area (Å²) in [6.07, 6.45) is 5.08. The molecule has 1 amide bonds. The van der Waals surface area contributed by atoms with Crippen LogP contribution in [0.25, 0.3) is 22.2 Å². The van der Waals surface area contributed by atoms with Gasteiger partial charge in [-0.15, -0.1) is 0 Å². The van der Waals surface area contributed by atoms with Gasteiger partial charge in [0.2, 0.25) is 5.91 Å². The van der Waals surface area contributed by atoms with Gasteiger partial charge in [-0.25, -0.2) is 8.78 Å². The Hall–Kier alpha value is -3.35. The summed E-state index contributed by atoms with van der Waals surface area (Å²) in [6.45, 7) is 3.79. The van der Waals surface area contributed by atoms with Crippen LogP contribution in [-0.4, -0.2) is 90.0 Å². The first-order valence-electron chi connectivity index (χ1n) is 15.9. The molecule has 5 aliphatic heterocycles. The third-order valence-corrected chi connectivity index (χ3v) is 9.99. The largest absolute Gasteiger partial charge is 0.461 e. The second kappa shape index (κ2) is 12.4. The number of fused-ring (bicyclic) bond motifs is 8. The number of nitrogen functional groups attached to an aromatic ring is 1. The zero-order valence-corrected chi connectivity index (χ0v) is 25.9. The SMILES string of the molecule is Nc1cc(Cl)c2c(c1)-c1ncc3c(nc(OCC45CCCN4CC(F)C5)nc3c1F)N1CCOCC(CNC(=O)CCCC2)C1. The minimum absolute atomic E-state index is 0.0180. The number of pyridine rings is 1. The molecule has 6 bridgehead atoms. The van der Waals surface area contributed by atoms with E-state index < -0.39 is 17.5 Å². The molecule has 1 aromatic carbocycles. The van der Waals surface area contributed by atoms with Gasteiger partial charge in [0.25, 0.3) is 0 Å². The van der Waals surface area contributed by atoms with E-state index in [4.69, 9.17) is 31.8 Å². The Morgan fingerprint density at radius 2 is 2.04 bits per heavy atom. The van der Waals surface area contributed by atoms with Gasteiger partial charge < -0.3 is 25.4 Å². The number of amides is 1.